The Bertz CT molecular complexity index is 1970. The number of fused-ring (bicyclic) bond motifs is 1. The number of esters is 1. The van der Waals surface area contributed by atoms with Gasteiger partial charge in [0.05, 0.1) is 41.7 Å². The molecule has 2 fully saturated rings. The van der Waals surface area contributed by atoms with Crippen LogP contribution < -0.4 is 0 Å². The average molecular weight is 846 g/mol. The van der Waals surface area contributed by atoms with Gasteiger partial charge < -0.3 is 44.0 Å². The predicted molar refractivity (Wildman–Crippen MR) is 234 cm³/mol. The Kier molecular flexibility index (Phi) is 16.4. The van der Waals surface area contributed by atoms with Crippen LogP contribution in [0.2, 0.25) is 0 Å². The molecule has 0 saturated carbocycles. The van der Waals surface area contributed by atoms with Gasteiger partial charge in [-0.3, -0.25) is 14.6 Å². The van der Waals surface area contributed by atoms with Crippen LogP contribution in [-0.4, -0.2) is 117 Å². The van der Waals surface area contributed by atoms with Crippen LogP contribution in [0.3, 0.4) is 0 Å². The van der Waals surface area contributed by atoms with Gasteiger partial charge >= 0.3 is 5.97 Å². The monoisotopic (exact) mass is 845 g/mol. The number of hydrogen-bond donors (Lipinski definition) is 3. The van der Waals surface area contributed by atoms with E-state index in [0.29, 0.717) is 12.1 Å². The lowest BCUT2D eigenvalue weighted by atomic mass is 9.74. The highest BCUT2D eigenvalue weighted by Gasteiger charge is 2.52. The summed E-state index contributed by atoms with van der Waals surface area (Å²) >= 11 is 0. The molecule has 2 aliphatic heterocycles. The van der Waals surface area contributed by atoms with Gasteiger partial charge in [0.2, 0.25) is 0 Å². The van der Waals surface area contributed by atoms with Gasteiger partial charge in [0.15, 0.2) is 12.1 Å². The SMILES string of the molecule is CC[C@@H]1OC(=O)[C@H](C)C(=O)[C@H](C)[C@@H](O[C@@H]2O[C@H](C)C[C@H](N(C)C)[C@H]2O)[C@@](C)(OC/C=C/c2cnc3ccccc3c2)C[C@@H](C)/C(=N\OCc2ccccc2)[C@@H](C)[C@@H](O)[C@]1(C)O. The fourth-order valence-corrected chi connectivity index (χ4v) is 8.92. The summed E-state index contributed by atoms with van der Waals surface area (Å²) in [7, 11) is 3.76. The Morgan fingerprint density at radius 3 is 2.36 bits per heavy atom. The van der Waals surface area contributed by atoms with Crippen molar-refractivity contribution < 1.29 is 48.7 Å². The first-order valence-corrected chi connectivity index (χ1v) is 21.6. The lowest BCUT2D eigenvalue weighted by molar-refractivity contribution is -0.296. The number of aliphatic hydroxyl groups excluding tert-OH is 2. The van der Waals surface area contributed by atoms with Gasteiger partial charge in [-0.15, -0.1) is 0 Å². The number of oxime groups is 1. The zero-order valence-corrected chi connectivity index (χ0v) is 37.4. The van der Waals surface area contributed by atoms with E-state index in [1.54, 1.807) is 27.0 Å². The van der Waals surface area contributed by atoms with Crippen LogP contribution in [0.1, 0.15) is 85.8 Å². The number of pyridine rings is 1. The number of rotatable bonds is 11. The van der Waals surface area contributed by atoms with Crippen molar-refractivity contribution in [1.29, 1.82) is 0 Å². The lowest BCUT2D eigenvalue weighted by Gasteiger charge is -2.47. The molecule has 3 aromatic rings. The molecule has 61 heavy (non-hydrogen) atoms. The number of carbonyl (C=O) groups excluding carboxylic acids is 2. The minimum absolute atomic E-state index is 0.0707. The Hall–Kier alpha value is -4.08. The molecule has 0 spiro atoms. The Morgan fingerprint density at radius 2 is 1.67 bits per heavy atom. The number of para-hydroxylation sites is 1. The van der Waals surface area contributed by atoms with Gasteiger partial charge in [0.1, 0.15) is 30.3 Å². The van der Waals surface area contributed by atoms with Crippen molar-refractivity contribution in [3.63, 3.8) is 0 Å². The summed E-state index contributed by atoms with van der Waals surface area (Å²) < 4.78 is 25.9. The summed E-state index contributed by atoms with van der Waals surface area (Å²) in [6.07, 6.45) is 0.170. The molecule has 0 aliphatic carbocycles. The highest BCUT2D eigenvalue weighted by Crippen LogP contribution is 2.39. The van der Waals surface area contributed by atoms with Gasteiger partial charge in [-0.2, -0.15) is 0 Å². The van der Waals surface area contributed by atoms with Crippen molar-refractivity contribution in [2.45, 2.75) is 135 Å². The third kappa shape index (κ3) is 11.5. The minimum Gasteiger partial charge on any atom is -0.459 e. The quantitative estimate of drug-likeness (QED) is 0.111. The number of aromatic nitrogens is 1. The molecule has 5 rings (SSSR count). The molecule has 3 N–H and O–H groups in total. The zero-order chi connectivity index (χ0) is 44.6. The van der Waals surface area contributed by atoms with E-state index in [1.807, 2.05) is 113 Å². The van der Waals surface area contributed by atoms with E-state index < -0.39 is 77.3 Å². The maximum atomic E-state index is 14.6. The molecule has 0 radical (unpaired) electrons. The van der Waals surface area contributed by atoms with Gasteiger partial charge in [-0.1, -0.05) is 93.5 Å². The Balaban J connectivity index is 1.61. The van der Waals surface area contributed by atoms with Crippen molar-refractivity contribution in [2.24, 2.45) is 28.8 Å². The number of Topliss-reactive ketones (excluding diaryl/α,β-unsaturated/α-hetero) is 1. The largest absolute Gasteiger partial charge is 0.459 e. The Labute approximate surface area is 361 Å². The van der Waals surface area contributed by atoms with Gasteiger partial charge in [-0.25, -0.2) is 0 Å². The van der Waals surface area contributed by atoms with Crippen LogP contribution in [0.25, 0.3) is 17.0 Å². The maximum absolute atomic E-state index is 14.6. The van der Waals surface area contributed by atoms with E-state index in [1.165, 1.54) is 13.8 Å². The normalized spacial score (nSPS) is 35.4. The first-order chi connectivity index (χ1) is 28.9. The molecule has 13 nitrogen and oxygen atoms in total. The summed E-state index contributed by atoms with van der Waals surface area (Å²) in [6, 6.07) is 19.1. The first kappa shape index (κ1) is 48.0. The predicted octanol–water partition coefficient (Wildman–Crippen LogP) is 6.36. The highest BCUT2D eigenvalue weighted by molar-refractivity contribution is 6.00. The molecule has 3 heterocycles. The maximum Gasteiger partial charge on any atom is 0.316 e. The summed E-state index contributed by atoms with van der Waals surface area (Å²) in [5.74, 6) is -4.95. The van der Waals surface area contributed by atoms with Crippen LogP contribution in [0.4, 0.5) is 0 Å². The second kappa shape index (κ2) is 20.9. The molecule has 0 bridgehead atoms. The summed E-state index contributed by atoms with van der Waals surface area (Å²) in [5, 5.41) is 41.3. The third-order valence-electron chi connectivity index (χ3n) is 12.6. The minimum atomic E-state index is -1.94. The average Bonchev–Trinajstić information content (AvgIpc) is 3.24. The molecule has 0 amide bonds. The van der Waals surface area contributed by atoms with E-state index >= 15 is 0 Å². The number of nitrogens with zero attached hydrogens (tertiary/aromatic N) is 3. The van der Waals surface area contributed by atoms with E-state index in [9.17, 15) is 24.9 Å². The first-order valence-electron chi connectivity index (χ1n) is 21.6. The molecule has 0 unspecified atom stereocenters. The summed E-state index contributed by atoms with van der Waals surface area (Å²) in [6.45, 7) is 13.9. The number of ether oxygens (including phenoxy) is 4. The summed E-state index contributed by atoms with van der Waals surface area (Å²) in [4.78, 5) is 40.9. The number of hydrogen-bond acceptors (Lipinski definition) is 13. The molecular weight excluding hydrogens is 779 g/mol. The number of carbonyl (C=O) groups is 2. The fraction of sp³-hybridized carbons (Fsp3) is 0.583. The molecule has 13 atom stereocenters. The second-order valence-corrected chi connectivity index (χ2v) is 17.7. The molecule has 2 aromatic carbocycles. The van der Waals surface area contributed by atoms with E-state index in [4.69, 9.17) is 23.8 Å². The topological polar surface area (TPSA) is 169 Å². The van der Waals surface area contributed by atoms with E-state index in [2.05, 4.69) is 10.1 Å². The third-order valence-corrected chi connectivity index (χ3v) is 12.6. The zero-order valence-electron chi connectivity index (χ0n) is 37.4. The number of benzene rings is 2. The van der Waals surface area contributed by atoms with Gasteiger partial charge in [0.25, 0.3) is 0 Å². The number of aliphatic hydroxyl groups is 3. The van der Waals surface area contributed by atoms with Crippen molar-refractivity contribution in [3.05, 3.63) is 84.1 Å². The Morgan fingerprint density at radius 1 is 0.984 bits per heavy atom. The van der Waals surface area contributed by atoms with Gasteiger partial charge in [-0.05, 0) is 84.3 Å². The van der Waals surface area contributed by atoms with Gasteiger partial charge in [0, 0.05) is 35.4 Å². The van der Waals surface area contributed by atoms with Crippen molar-refractivity contribution in [3.8, 4) is 0 Å². The molecular formula is C48H67N3O10. The standard InChI is InChI=1S/C48H67N3O10/c1-11-39-48(8,56)43(54)31(4)40(50-58-28-34-18-13-12-14-19-34)29(2)26-47(7,57-23-17-20-35-25-36-21-15-16-22-37(36)49-27-35)44(32(5)41(52)33(6)45(55)60-39)61-46-42(53)38(51(9)10)24-30(3)59-46/h12-22,25,27,29-33,38-39,42-44,46,53-54,56H,11,23-24,26,28H2,1-10H3/b20-17+,50-40+/t29-,30-,31-,32+,33-,38+,39+,42-,43-,44-,46+,47+,48-/m1/s1. The summed E-state index contributed by atoms with van der Waals surface area (Å²) in [5.41, 5.74) is -0.247. The van der Waals surface area contributed by atoms with Crippen molar-refractivity contribution >= 4 is 34.4 Å². The fourth-order valence-electron chi connectivity index (χ4n) is 8.92. The number of likely N-dealkylation sites (N-methyl/N-ethyl adjacent to an activating group) is 1. The van der Waals surface area contributed by atoms with Crippen molar-refractivity contribution in [2.75, 3.05) is 20.7 Å². The second-order valence-electron chi connectivity index (χ2n) is 17.7. The smallest absolute Gasteiger partial charge is 0.316 e. The van der Waals surface area contributed by atoms with Crippen LogP contribution in [0.15, 0.2) is 78.1 Å². The van der Waals surface area contributed by atoms with Crippen LogP contribution in [0, 0.1) is 23.7 Å². The number of ketones is 1. The van der Waals surface area contributed by atoms with E-state index in [0.717, 1.165) is 22.0 Å². The molecule has 2 saturated heterocycles. The molecule has 13 heteroatoms. The lowest BCUT2D eigenvalue weighted by Crippen LogP contribution is -2.60. The van der Waals surface area contributed by atoms with Crippen LogP contribution >= 0.6 is 0 Å². The molecule has 2 aliphatic rings. The number of cyclic esters (lactones) is 1. The van der Waals surface area contributed by atoms with Crippen LogP contribution in [-0.2, 0) is 40.0 Å². The highest BCUT2D eigenvalue weighted by atomic mass is 16.7. The van der Waals surface area contributed by atoms with Crippen molar-refractivity contribution in [1.82, 2.24) is 9.88 Å². The molecule has 1 aromatic heterocycles. The van der Waals surface area contributed by atoms with E-state index in [-0.39, 0.29) is 38.2 Å². The molecule has 334 valence electrons. The van der Waals surface area contributed by atoms with Crippen LogP contribution in [0.5, 0.6) is 0 Å².